The standard InChI is InChI=1S/C22H16O3/c1-2-3-4-8-20(23)25-24-19-14-12-17-10-9-15-6-5-7-16-11-13-18(19)22(17)21(15)16/h2-14H,1H3/b3-2+,8-4+. The van der Waals surface area contributed by atoms with Gasteiger partial charge in [-0.15, -0.1) is 0 Å². The average Bonchev–Trinajstić information content (AvgIpc) is 2.65. The number of rotatable bonds is 4. The fraction of sp³-hybridized carbons (Fsp3) is 0.0455. The fourth-order valence-corrected chi connectivity index (χ4v) is 3.14. The van der Waals surface area contributed by atoms with Crippen LogP contribution in [0.4, 0.5) is 0 Å². The zero-order valence-corrected chi connectivity index (χ0v) is 13.7. The molecule has 3 heteroatoms. The third-order valence-electron chi connectivity index (χ3n) is 4.24. The molecule has 0 aliphatic carbocycles. The monoisotopic (exact) mass is 328 g/mol. The molecule has 4 aromatic carbocycles. The molecule has 0 saturated heterocycles. The number of allylic oxidation sites excluding steroid dienone is 3. The molecule has 0 bridgehead atoms. The van der Waals surface area contributed by atoms with Gasteiger partial charge in [0.15, 0.2) is 5.75 Å². The molecule has 0 aliphatic rings. The summed E-state index contributed by atoms with van der Waals surface area (Å²) in [6.45, 7) is 1.87. The van der Waals surface area contributed by atoms with Crippen LogP contribution in [-0.4, -0.2) is 5.97 Å². The first-order valence-electron chi connectivity index (χ1n) is 8.12. The second-order valence-electron chi connectivity index (χ2n) is 5.79. The second-order valence-corrected chi connectivity index (χ2v) is 5.79. The molecule has 4 rings (SSSR count). The Balaban J connectivity index is 1.76. The van der Waals surface area contributed by atoms with Crippen molar-refractivity contribution in [1.82, 2.24) is 0 Å². The second kappa shape index (κ2) is 6.29. The van der Waals surface area contributed by atoms with Crippen molar-refractivity contribution in [3.63, 3.8) is 0 Å². The number of carbonyl (C=O) groups is 1. The Bertz CT molecular complexity index is 1110. The molecule has 0 aliphatic heterocycles. The molecule has 4 aromatic rings. The van der Waals surface area contributed by atoms with Crippen LogP contribution in [0, 0.1) is 0 Å². The highest BCUT2D eigenvalue weighted by Crippen LogP contribution is 2.38. The Labute approximate surface area is 145 Å². The minimum atomic E-state index is -0.552. The van der Waals surface area contributed by atoms with E-state index in [2.05, 4.69) is 36.4 Å². The molecule has 0 amide bonds. The van der Waals surface area contributed by atoms with Crippen LogP contribution >= 0.6 is 0 Å². The average molecular weight is 328 g/mol. The van der Waals surface area contributed by atoms with E-state index in [9.17, 15) is 4.79 Å². The first kappa shape index (κ1) is 15.2. The molecular weight excluding hydrogens is 312 g/mol. The number of hydrogen-bond donors (Lipinski definition) is 0. The van der Waals surface area contributed by atoms with Gasteiger partial charge in [0.05, 0.1) is 0 Å². The van der Waals surface area contributed by atoms with Gasteiger partial charge in [0.1, 0.15) is 0 Å². The van der Waals surface area contributed by atoms with Gasteiger partial charge in [-0.25, -0.2) is 9.68 Å². The summed E-state index contributed by atoms with van der Waals surface area (Å²) in [5.74, 6) is -0.0256. The van der Waals surface area contributed by atoms with E-state index in [1.54, 1.807) is 12.2 Å². The van der Waals surface area contributed by atoms with Gasteiger partial charge in [0.25, 0.3) is 0 Å². The molecule has 0 spiro atoms. The van der Waals surface area contributed by atoms with Crippen molar-refractivity contribution in [2.45, 2.75) is 6.92 Å². The van der Waals surface area contributed by atoms with E-state index >= 15 is 0 Å². The van der Waals surface area contributed by atoms with Crippen molar-refractivity contribution < 1.29 is 14.6 Å². The van der Waals surface area contributed by atoms with Crippen molar-refractivity contribution in [3.8, 4) is 5.75 Å². The van der Waals surface area contributed by atoms with Gasteiger partial charge in [-0.3, -0.25) is 4.89 Å². The lowest BCUT2D eigenvalue weighted by molar-refractivity contribution is -0.206. The third-order valence-corrected chi connectivity index (χ3v) is 4.24. The van der Waals surface area contributed by atoms with Crippen LogP contribution in [0.2, 0.25) is 0 Å². The van der Waals surface area contributed by atoms with E-state index in [0.717, 1.165) is 16.2 Å². The van der Waals surface area contributed by atoms with Gasteiger partial charge in [0, 0.05) is 16.8 Å². The van der Waals surface area contributed by atoms with Gasteiger partial charge in [-0.1, -0.05) is 60.7 Å². The highest BCUT2D eigenvalue weighted by atomic mass is 17.2. The normalized spacial score (nSPS) is 12.0. The highest BCUT2D eigenvalue weighted by molar-refractivity contribution is 6.24. The molecule has 122 valence electrons. The quantitative estimate of drug-likeness (QED) is 0.162. The zero-order valence-electron chi connectivity index (χ0n) is 13.7. The van der Waals surface area contributed by atoms with Gasteiger partial charge >= 0.3 is 5.97 Å². The maximum absolute atomic E-state index is 11.7. The lowest BCUT2D eigenvalue weighted by atomic mass is 9.94. The van der Waals surface area contributed by atoms with Crippen LogP contribution in [0.1, 0.15) is 6.92 Å². The molecule has 0 radical (unpaired) electrons. The highest BCUT2D eigenvalue weighted by Gasteiger charge is 2.12. The minimum Gasteiger partial charge on any atom is -0.286 e. The van der Waals surface area contributed by atoms with Gasteiger partial charge < -0.3 is 0 Å². The maximum Gasteiger partial charge on any atom is 0.379 e. The van der Waals surface area contributed by atoms with Crippen molar-refractivity contribution in [2.24, 2.45) is 0 Å². The Morgan fingerprint density at radius 3 is 2.28 bits per heavy atom. The summed E-state index contributed by atoms with van der Waals surface area (Å²) in [7, 11) is 0. The molecule has 0 N–H and O–H groups in total. The van der Waals surface area contributed by atoms with E-state index in [1.807, 2.05) is 31.2 Å². The predicted octanol–water partition coefficient (Wildman–Crippen LogP) is 5.55. The first-order valence-corrected chi connectivity index (χ1v) is 8.12. The van der Waals surface area contributed by atoms with Crippen LogP contribution < -0.4 is 4.89 Å². The predicted molar refractivity (Wildman–Crippen MR) is 101 cm³/mol. The SMILES string of the molecule is C/C=C/C=C/C(=O)OOc1ccc2ccc3cccc4ccc1c2c34. The summed E-state index contributed by atoms with van der Waals surface area (Å²) in [6.07, 6.45) is 6.49. The molecule has 0 saturated carbocycles. The Kier molecular flexibility index (Phi) is 3.82. The van der Waals surface area contributed by atoms with E-state index in [-0.39, 0.29) is 0 Å². The molecule has 0 atom stereocenters. The van der Waals surface area contributed by atoms with E-state index < -0.39 is 5.97 Å². The Morgan fingerprint density at radius 1 is 0.840 bits per heavy atom. The van der Waals surface area contributed by atoms with E-state index in [0.29, 0.717) is 5.75 Å². The lowest BCUT2D eigenvalue weighted by Crippen LogP contribution is -2.04. The van der Waals surface area contributed by atoms with Crippen LogP contribution in [-0.2, 0) is 9.68 Å². The maximum atomic E-state index is 11.7. The minimum absolute atomic E-state index is 0.526. The van der Waals surface area contributed by atoms with Gasteiger partial charge in [0.2, 0.25) is 0 Å². The van der Waals surface area contributed by atoms with Crippen molar-refractivity contribution >= 4 is 38.3 Å². The first-order chi connectivity index (χ1) is 12.3. The lowest BCUT2D eigenvalue weighted by Gasteiger charge is -2.12. The topological polar surface area (TPSA) is 35.5 Å². The third kappa shape index (κ3) is 2.70. The van der Waals surface area contributed by atoms with E-state index in [4.69, 9.17) is 9.78 Å². The summed E-state index contributed by atoms with van der Waals surface area (Å²) in [5.41, 5.74) is 0. The summed E-state index contributed by atoms with van der Waals surface area (Å²) in [5, 5.41) is 6.73. The summed E-state index contributed by atoms with van der Waals surface area (Å²) in [6, 6.07) is 18.3. The number of hydrogen-bond acceptors (Lipinski definition) is 3. The summed E-state index contributed by atoms with van der Waals surface area (Å²) >= 11 is 0. The van der Waals surface area contributed by atoms with Gasteiger partial charge in [-0.2, -0.15) is 0 Å². The number of benzene rings is 4. The molecule has 0 fully saturated rings. The molecule has 25 heavy (non-hydrogen) atoms. The van der Waals surface area contributed by atoms with Gasteiger partial charge in [-0.05, 0) is 40.6 Å². The number of carbonyl (C=O) groups excluding carboxylic acids is 1. The largest absolute Gasteiger partial charge is 0.379 e. The molecular formula is C22H16O3. The summed E-state index contributed by atoms with van der Waals surface area (Å²) < 4.78 is 0. The van der Waals surface area contributed by atoms with Crippen LogP contribution in [0.3, 0.4) is 0 Å². The molecule has 3 nitrogen and oxygen atoms in total. The molecule has 0 aromatic heterocycles. The molecule has 0 heterocycles. The zero-order chi connectivity index (χ0) is 17.2. The Hall–Kier alpha value is -3.33. The van der Waals surface area contributed by atoms with E-state index in [1.165, 1.54) is 22.2 Å². The van der Waals surface area contributed by atoms with Crippen LogP contribution in [0.5, 0.6) is 5.75 Å². The smallest absolute Gasteiger partial charge is 0.286 e. The molecule has 0 unspecified atom stereocenters. The summed E-state index contributed by atoms with van der Waals surface area (Å²) in [4.78, 5) is 21.9. The fourth-order valence-electron chi connectivity index (χ4n) is 3.14. The Morgan fingerprint density at radius 2 is 1.52 bits per heavy atom. The van der Waals surface area contributed by atoms with Crippen LogP contribution in [0.25, 0.3) is 32.3 Å². The van der Waals surface area contributed by atoms with Crippen molar-refractivity contribution in [1.29, 1.82) is 0 Å². The van der Waals surface area contributed by atoms with Crippen molar-refractivity contribution in [3.05, 3.63) is 78.9 Å². The van der Waals surface area contributed by atoms with Crippen LogP contribution in [0.15, 0.2) is 78.9 Å². The van der Waals surface area contributed by atoms with Crippen molar-refractivity contribution in [2.75, 3.05) is 0 Å².